The van der Waals surface area contributed by atoms with Crippen molar-refractivity contribution in [3.63, 3.8) is 0 Å². The van der Waals surface area contributed by atoms with Gasteiger partial charge in [0.1, 0.15) is 0 Å². The molecule has 1 fully saturated rings. The van der Waals surface area contributed by atoms with Gasteiger partial charge in [-0.25, -0.2) is 4.79 Å². The Bertz CT molecular complexity index is 241. The highest BCUT2D eigenvalue weighted by Gasteiger charge is 2.37. The summed E-state index contributed by atoms with van der Waals surface area (Å²) in [5.41, 5.74) is 0.443. The first-order chi connectivity index (χ1) is 7.09. The first-order valence-corrected chi connectivity index (χ1v) is 5.56. The normalized spacial score (nSPS) is 18.0. The molecule has 0 unspecified atom stereocenters. The summed E-state index contributed by atoms with van der Waals surface area (Å²) in [6.45, 7) is 8.36. The lowest BCUT2D eigenvalue weighted by Gasteiger charge is -2.41. The van der Waals surface area contributed by atoms with Crippen molar-refractivity contribution >= 4 is 5.97 Å². The van der Waals surface area contributed by atoms with E-state index >= 15 is 0 Å². The van der Waals surface area contributed by atoms with Gasteiger partial charge in [-0.1, -0.05) is 6.58 Å². The molecule has 1 aliphatic carbocycles. The summed E-state index contributed by atoms with van der Waals surface area (Å²) in [5.74, 6) is -0.305. The van der Waals surface area contributed by atoms with Crippen LogP contribution in [0.3, 0.4) is 0 Å². The van der Waals surface area contributed by atoms with E-state index in [9.17, 15) is 4.79 Å². The molecule has 1 aliphatic rings. The molecule has 0 bridgehead atoms. The lowest BCUT2D eigenvalue weighted by atomic mass is 9.78. The molecule has 0 aromatic rings. The Hall–Kier alpha value is -0.830. The van der Waals surface area contributed by atoms with Crippen LogP contribution in [-0.2, 0) is 14.3 Å². The van der Waals surface area contributed by atoms with Crippen molar-refractivity contribution in [2.45, 2.75) is 45.1 Å². The van der Waals surface area contributed by atoms with E-state index in [1.165, 1.54) is 6.42 Å². The monoisotopic (exact) mass is 212 g/mol. The number of rotatable bonds is 6. The highest BCUT2D eigenvalue weighted by atomic mass is 16.5. The van der Waals surface area contributed by atoms with Gasteiger partial charge >= 0.3 is 5.97 Å². The minimum absolute atomic E-state index is 0.00982. The Morgan fingerprint density at radius 3 is 2.53 bits per heavy atom. The van der Waals surface area contributed by atoms with Crippen LogP contribution in [0.25, 0.3) is 0 Å². The molecule has 0 spiro atoms. The summed E-state index contributed by atoms with van der Waals surface area (Å²) in [5, 5.41) is 0. The maximum absolute atomic E-state index is 11.1. The van der Waals surface area contributed by atoms with E-state index in [4.69, 9.17) is 9.47 Å². The molecule has 0 radical (unpaired) electrons. The molecule has 3 heteroatoms. The zero-order valence-corrected chi connectivity index (χ0v) is 9.67. The van der Waals surface area contributed by atoms with Gasteiger partial charge in [0.05, 0.1) is 12.2 Å². The zero-order chi connectivity index (χ0) is 11.3. The molecule has 0 aromatic heterocycles. The fraction of sp³-hybridized carbons (Fsp3) is 0.750. The number of ether oxygens (including phenoxy) is 2. The number of hydrogen-bond donors (Lipinski definition) is 0. The van der Waals surface area contributed by atoms with E-state index < -0.39 is 0 Å². The minimum Gasteiger partial charge on any atom is -0.462 e. The standard InChI is InChI=1S/C12H20O3/c1-4-15-12(6-5-7-12)8-9-14-11(13)10(2)3/h2,4-9H2,1,3H3. The smallest absolute Gasteiger partial charge is 0.333 e. The summed E-state index contributed by atoms with van der Waals surface area (Å²) in [6, 6.07) is 0. The third kappa shape index (κ3) is 3.34. The van der Waals surface area contributed by atoms with Crippen molar-refractivity contribution in [3.05, 3.63) is 12.2 Å². The SMILES string of the molecule is C=C(C)C(=O)OCCC1(OCC)CCC1. The summed E-state index contributed by atoms with van der Waals surface area (Å²) in [4.78, 5) is 11.1. The van der Waals surface area contributed by atoms with Crippen LogP contribution in [0.4, 0.5) is 0 Å². The topological polar surface area (TPSA) is 35.5 Å². The van der Waals surface area contributed by atoms with Gasteiger partial charge in [-0.3, -0.25) is 0 Å². The molecule has 0 atom stereocenters. The van der Waals surface area contributed by atoms with Crippen LogP contribution >= 0.6 is 0 Å². The Morgan fingerprint density at radius 1 is 1.47 bits per heavy atom. The second-order valence-corrected chi connectivity index (χ2v) is 4.14. The molecule has 0 amide bonds. The Morgan fingerprint density at radius 2 is 2.13 bits per heavy atom. The van der Waals surface area contributed by atoms with Crippen LogP contribution in [0.1, 0.15) is 39.5 Å². The van der Waals surface area contributed by atoms with E-state index in [1.54, 1.807) is 6.92 Å². The largest absolute Gasteiger partial charge is 0.462 e. The van der Waals surface area contributed by atoms with Gasteiger partial charge in [-0.2, -0.15) is 0 Å². The second kappa shape index (κ2) is 5.31. The van der Waals surface area contributed by atoms with Gasteiger partial charge in [0, 0.05) is 18.6 Å². The molecule has 0 heterocycles. The van der Waals surface area contributed by atoms with Gasteiger partial charge in [-0.15, -0.1) is 0 Å². The van der Waals surface area contributed by atoms with Crippen molar-refractivity contribution in [3.8, 4) is 0 Å². The molecular formula is C12H20O3. The number of hydrogen-bond acceptors (Lipinski definition) is 3. The van der Waals surface area contributed by atoms with E-state index in [2.05, 4.69) is 6.58 Å². The molecule has 3 nitrogen and oxygen atoms in total. The fourth-order valence-electron chi connectivity index (χ4n) is 1.80. The summed E-state index contributed by atoms with van der Waals surface area (Å²) in [6.07, 6.45) is 4.20. The number of carbonyl (C=O) groups is 1. The molecule has 0 N–H and O–H groups in total. The minimum atomic E-state index is -0.305. The van der Waals surface area contributed by atoms with Crippen molar-refractivity contribution in [2.24, 2.45) is 0 Å². The van der Waals surface area contributed by atoms with Gasteiger partial charge in [-0.05, 0) is 33.1 Å². The first kappa shape index (κ1) is 12.2. The molecule has 0 aromatic carbocycles. The van der Waals surface area contributed by atoms with Gasteiger partial charge in [0.15, 0.2) is 0 Å². The van der Waals surface area contributed by atoms with Crippen LogP contribution in [0.2, 0.25) is 0 Å². The highest BCUT2D eigenvalue weighted by Crippen LogP contribution is 2.38. The molecule has 1 saturated carbocycles. The number of esters is 1. The van der Waals surface area contributed by atoms with Crippen LogP contribution < -0.4 is 0 Å². The van der Waals surface area contributed by atoms with Crippen LogP contribution in [0.5, 0.6) is 0 Å². The zero-order valence-electron chi connectivity index (χ0n) is 9.67. The van der Waals surface area contributed by atoms with Crippen LogP contribution in [0.15, 0.2) is 12.2 Å². The summed E-state index contributed by atoms with van der Waals surface area (Å²) >= 11 is 0. The third-order valence-electron chi connectivity index (χ3n) is 2.85. The van der Waals surface area contributed by atoms with E-state index in [-0.39, 0.29) is 11.6 Å². The van der Waals surface area contributed by atoms with Gasteiger partial charge in [0.25, 0.3) is 0 Å². The average Bonchev–Trinajstić information content (AvgIpc) is 2.13. The molecular weight excluding hydrogens is 192 g/mol. The summed E-state index contributed by atoms with van der Waals surface area (Å²) in [7, 11) is 0. The predicted molar refractivity (Wildman–Crippen MR) is 58.6 cm³/mol. The van der Waals surface area contributed by atoms with Crippen molar-refractivity contribution in [2.75, 3.05) is 13.2 Å². The van der Waals surface area contributed by atoms with Gasteiger partial charge in [0.2, 0.25) is 0 Å². The lowest BCUT2D eigenvalue weighted by molar-refractivity contribution is -0.145. The molecule has 1 rings (SSSR count). The Labute approximate surface area is 91.4 Å². The highest BCUT2D eigenvalue weighted by molar-refractivity contribution is 5.86. The quantitative estimate of drug-likeness (QED) is 0.501. The molecule has 86 valence electrons. The Balaban J connectivity index is 2.23. The van der Waals surface area contributed by atoms with Crippen LogP contribution in [0, 0.1) is 0 Å². The second-order valence-electron chi connectivity index (χ2n) is 4.14. The van der Waals surface area contributed by atoms with E-state index in [1.807, 2.05) is 6.92 Å². The van der Waals surface area contributed by atoms with Gasteiger partial charge < -0.3 is 9.47 Å². The van der Waals surface area contributed by atoms with Crippen LogP contribution in [-0.4, -0.2) is 24.8 Å². The first-order valence-electron chi connectivity index (χ1n) is 5.56. The predicted octanol–water partition coefficient (Wildman–Crippen LogP) is 2.46. The average molecular weight is 212 g/mol. The number of carbonyl (C=O) groups excluding carboxylic acids is 1. The Kier molecular flexibility index (Phi) is 4.33. The molecule has 0 saturated heterocycles. The van der Waals surface area contributed by atoms with Crippen molar-refractivity contribution in [1.29, 1.82) is 0 Å². The fourth-order valence-corrected chi connectivity index (χ4v) is 1.80. The van der Waals surface area contributed by atoms with E-state index in [0.29, 0.717) is 12.2 Å². The van der Waals surface area contributed by atoms with E-state index in [0.717, 1.165) is 25.9 Å². The molecule has 15 heavy (non-hydrogen) atoms. The lowest BCUT2D eigenvalue weighted by Crippen LogP contribution is -2.41. The summed E-state index contributed by atoms with van der Waals surface area (Å²) < 4.78 is 10.8. The third-order valence-corrected chi connectivity index (χ3v) is 2.85. The van der Waals surface area contributed by atoms with Crippen molar-refractivity contribution < 1.29 is 14.3 Å². The maximum atomic E-state index is 11.1. The maximum Gasteiger partial charge on any atom is 0.333 e. The van der Waals surface area contributed by atoms with Crippen molar-refractivity contribution in [1.82, 2.24) is 0 Å². The molecule has 0 aliphatic heterocycles.